The lowest BCUT2D eigenvalue weighted by molar-refractivity contribution is -0.364. The van der Waals surface area contributed by atoms with Gasteiger partial charge in [0.2, 0.25) is 17.0 Å². The second kappa shape index (κ2) is 13.9. The SMILES string of the molecule is FC1C=CC=C2N(F)C(F)(OB(OC3(F)N(F)C4=CC=CC(F)C4(F)C3(F)c3ccccc3)OC3(F)N(F)C4=CC=CC(F)C4(F)C3(F)c3ccccc3)C(F)(c3ccccc3)C21F. The summed E-state index contributed by atoms with van der Waals surface area (Å²) in [5.74, 6) is -16.8. The highest BCUT2D eigenvalue weighted by Crippen LogP contribution is 2.69. The number of hydrogen-bond acceptors (Lipinski definition) is 6. The van der Waals surface area contributed by atoms with Crippen LogP contribution in [-0.2, 0) is 31.0 Å². The van der Waals surface area contributed by atoms with Gasteiger partial charge in [-0.05, 0) is 36.5 Å². The lowest BCUT2D eigenvalue weighted by Crippen LogP contribution is -2.66. The van der Waals surface area contributed by atoms with Gasteiger partial charge in [0.15, 0.2) is 18.5 Å². The number of halogens is 15. The fourth-order valence-electron chi connectivity index (χ4n) is 9.19. The molecule has 336 valence electrons. The molecule has 0 amide bonds. The summed E-state index contributed by atoms with van der Waals surface area (Å²) in [4.78, 5) is 0. The van der Waals surface area contributed by atoms with E-state index in [9.17, 15) is 0 Å². The molecule has 0 radical (unpaired) electrons. The van der Waals surface area contributed by atoms with Gasteiger partial charge in [0.1, 0.15) is 0 Å². The van der Waals surface area contributed by atoms with Gasteiger partial charge in [-0.1, -0.05) is 123 Å². The fraction of sp³-hybridized carbons (Fsp3) is 0.286. The maximum absolute atomic E-state index is 18.1. The molecule has 12 unspecified atom stereocenters. The molecule has 6 nitrogen and oxygen atoms in total. The largest absolute Gasteiger partial charge is 0.650 e. The number of hydrogen-bond donors (Lipinski definition) is 0. The minimum atomic E-state index is -5.59. The molecule has 9 rings (SSSR count). The van der Waals surface area contributed by atoms with Crippen LogP contribution in [-0.4, -0.2) is 76.1 Å². The minimum Gasteiger partial charge on any atom is -0.331 e. The Bertz CT molecular complexity index is 2280. The predicted octanol–water partition coefficient (Wildman–Crippen LogP) is 10.6. The zero-order chi connectivity index (χ0) is 46.1. The molecule has 0 aromatic heterocycles. The number of nitrogens with zero attached hydrogens (tertiary/aromatic N) is 3. The summed E-state index contributed by atoms with van der Waals surface area (Å²) >= 11 is 0. The average Bonchev–Trinajstić information content (AvgIpc) is 3.59. The first-order valence-electron chi connectivity index (χ1n) is 19.0. The lowest BCUT2D eigenvalue weighted by Gasteiger charge is -2.44. The van der Waals surface area contributed by atoms with Crippen molar-refractivity contribution in [1.29, 1.82) is 0 Å². The predicted molar refractivity (Wildman–Crippen MR) is 195 cm³/mol. The van der Waals surface area contributed by atoms with Gasteiger partial charge in [-0.15, -0.1) is 15.4 Å². The molecule has 3 fully saturated rings. The summed E-state index contributed by atoms with van der Waals surface area (Å²) in [6.07, 6.45) is -6.93. The molecule has 0 saturated carbocycles. The summed E-state index contributed by atoms with van der Waals surface area (Å²) in [6, 6.07) is 11.7. The van der Waals surface area contributed by atoms with Crippen molar-refractivity contribution in [2.45, 2.75) is 70.5 Å². The van der Waals surface area contributed by atoms with E-state index in [2.05, 4.69) is 0 Å². The highest BCUT2D eigenvalue weighted by molar-refractivity contribution is 6.37. The monoisotopic (exact) mass is 917 g/mol. The normalized spacial score (nSPS) is 42.0. The topological polar surface area (TPSA) is 37.4 Å². The molecule has 3 heterocycles. The second-order valence-electron chi connectivity index (χ2n) is 15.4. The molecule has 0 N–H and O–H groups in total. The van der Waals surface area contributed by atoms with Crippen LogP contribution in [0, 0.1) is 0 Å². The van der Waals surface area contributed by atoms with Crippen LogP contribution in [0.4, 0.5) is 66.1 Å². The van der Waals surface area contributed by atoms with Crippen LogP contribution in [0.2, 0.25) is 0 Å². The average molecular weight is 917 g/mol. The van der Waals surface area contributed by atoms with E-state index in [4.69, 9.17) is 14.0 Å². The van der Waals surface area contributed by atoms with Gasteiger partial charge in [-0.25, -0.2) is 39.5 Å². The molecule has 3 aliphatic heterocycles. The lowest BCUT2D eigenvalue weighted by atomic mass is 9.74. The maximum Gasteiger partial charge on any atom is 0.650 e. The zero-order valence-electron chi connectivity index (χ0n) is 31.9. The molecule has 12 atom stereocenters. The van der Waals surface area contributed by atoms with E-state index in [1.807, 2.05) is 0 Å². The van der Waals surface area contributed by atoms with Crippen molar-refractivity contribution in [3.8, 4) is 0 Å². The van der Waals surface area contributed by atoms with Crippen molar-refractivity contribution in [2.24, 2.45) is 0 Å². The molecule has 6 aliphatic rings. The van der Waals surface area contributed by atoms with Gasteiger partial charge in [0, 0.05) is 16.7 Å². The van der Waals surface area contributed by atoms with Gasteiger partial charge in [0.25, 0.3) is 17.0 Å². The van der Waals surface area contributed by atoms with Crippen LogP contribution in [0.5, 0.6) is 0 Å². The number of benzene rings is 3. The molecule has 3 saturated heterocycles. The second-order valence-corrected chi connectivity index (χ2v) is 15.4. The number of rotatable bonds is 9. The van der Waals surface area contributed by atoms with Crippen molar-refractivity contribution < 1.29 is 80.1 Å². The van der Waals surface area contributed by atoms with E-state index in [0.717, 1.165) is 54.6 Å². The third-order valence-corrected chi connectivity index (χ3v) is 12.3. The molecular formula is C42H27BF15N3O3. The Kier molecular flexibility index (Phi) is 9.51. The Morgan fingerprint density at radius 1 is 0.391 bits per heavy atom. The standard InChI is InChI=1S/C42H27BF15N3O3/c44-28-19-10-22-31-34(28,47)37(50,25-13-4-1-5-14-25)40(53,59(31)56)62-43(63-41(54)38(51,26-15-6-2-7-16-26)35(48)29(45)20-11-23-32(35)60(41)57)64-42(55)39(52,27-17-8-3-9-18-27)36(49)30(46)21-12-24-33(36)61(42)58/h1-24,28-30H. The molecule has 0 bridgehead atoms. The molecular weight excluding hydrogens is 890 g/mol. The molecule has 0 spiro atoms. The minimum absolute atomic E-state index is 0.253. The number of fused-ring (bicyclic) bond motifs is 3. The van der Waals surface area contributed by atoms with Crippen molar-refractivity contribution in [3.05, 3.63) is 179 Å². The van der Waals surface area contributed by atoms with Crippen molar-refractivity contribution in [1.82, 2.24) is 15.4 Å². The third-order valence-electron chi connectivity index (χ3n) is 12.3. The summed E-state index contributed by atoms with van der Waals surface area (Å²) in [7, 11) is -4.62. The van der Waals surface area contributed by atoms with Crippen LogP contribution in [0.3, 0.4) is 0 Å². The Labute approximate surface area is 352 Å². The third kappa shape index (κ3) is 4.82. The summed E-state index contributed by atoms with van der Waals surface area (Å²) < 4.78 is 272. The van der Waals surface area contributed by atoms with Crippen molar-refractivity contribution in [3.63, 3.8) is 0 Å². The number of alkyl halides is 12. The Morgan fingerprint density at radius 2 is 0.625 bits per heavy atom. The van der Waals surface area contributed by atoms with E-state index in [1.54, 1.807) is 0 Å². The van der Waals surface area contributed by atoms with Crippen LogP contribution in [0.25, 0.3) is 0 Å². The van der Waals surface area contributed by atoms with Crippen LogP contribution >= 0.6 is 0 Å². The molecule has 3 aromatic rings. The summed E-state index contributed by atoms with van der Waals surface area (Å²) in [6.45, 7) is 0. The highest BCUT2D eigenvalue weighted by Gasteiger charge is 2.89. The van der Waals surface area contributed by atoms with E-state index in [0.29, 0.717) is 54.6 Å². The Hall–Kier alpha value is -5.61. The van der Waals surface area contributed by atoms with E-state index in [-0.39, 0.29) is 36.5 Å². The van der Waals surface area contributed by atoms with Gasteiger partial charge in [0.05, 0.1) is 17.1 Å². The van der Waals surface area contributed by atoms with Crippen molar-refractivity contribution in [2.75, 3.05) is 0 Å². The zero-order valence-corrected chi connectivity index (χ0v) is 31.9. The first kappa shape index (κ1) is 43.6. The Morgan fingerprint density at radius 3 is 0.859 bits per heavy atom. The summed E-state index contributed by atoms with van der Waals surface area (Å²) in [5.41, 5.74) is -39.0. The van der Waals surface area contributed by atoms with Crippen molar-refractivity contribution >= 4 is 7.32 Å². The van der Waals surface area contributed by atoms with Crippen LogP contribution in [0.15, 0.2) is 163 Å². The fourth-order valence-corrected chi connectivity index (χ4v) is 9.19. The molecule has 64 heavy (non-hydrogen) atoms. The smallest absolute Gasteiger partial charge is 0.331 e. The van der Waals surface area contributed by atoms with Crippen LogP contribution < -0.4 is 0 Å². The maximum atomic E-state index is 18.1. The van der Waals surface area contributed by atoms with Gasteiger partial charge < -0.3 is 14.0 Å². The first-order chi connectivity index (χ1) is 30.1. The highest BCUT2D eigenvalue weighted by atomic mass is 19.2. The first-order valence-corrected chi connectivity index (χ1v) is 19.0. The molecule has 3 aliphatic carbocycles. The van der Waals surface area contributed by atoms with Gasteiger partial charge in [-0.3, -0.25) is 0 Å². The van der Waals surface area contributed by atoms with E-state index < -0.39 is 127 Å². The quantitative estimate of drug-likeness (QED) is 0.0922. The number of allylic oxidation sites excluding steroid dienone is 12. The molecule has 3 aromatic carbocycles. The van der Waals surface area contributed by atoms with Crippen LogP contribution in [0.1, 0.15) is 16.7 Å². The van der Waals surface area contributed by atoms with Gasteiger partial charge >= 0.3 is 25.3 Å². The summed E-state index contributed by atoms with van der Waals surface area (Å²) in [5, 5.41) is -4.97. The molecule has 22 heteroatoms. The van der Waals surface area contributed by atoms with Gasteiger partial charge in [-0.2, -0.15) is 13.2 Å². The van der Waals surface area contributed by atoms with E-state index in [1.165, 1.54) is 0 Å². The van der Waals surface area contributed by atoms with E-state index >= 15 is 66.1 Å². The Balaban J connectivity index is 1.29.